The third kappa shape index (κ3) is 4.91. The maximum absolute atomic E-state index is 13.3. The van der Waals surface area contributed by atoms with Crippen LogP contribution >= 0.6 is 0 Å². The molecule has 44 heavy (non-hydrogen) atoms. The van der Waals surface area contributed by atoms with Crippen molar-refractivity contribution in [3.63, 3.8) is 0 Å². The van der Waals surface area contributed by atoms with Gasteiger partial charge in [-0.15, -0.1) is 0 Å². The SMILES string of the molecule is CC(=O)O[C@@H]1C[C@]23COC[C@@](C)([C@@H]2CC[C@H]2C3=CC[C@@]3(C)[C@H](C(=O)O)[C@@](C)([C@H](C)C(C)C)CC[C@]23C)[C@H]1OCCNCCN. The lowest BCUT2D eigenvalue weighted by Gasteiger charge is -2.71. The Labute approximate surface area is 265 Å². The molecular weight excluding hydrogens is 556 g/mol. The fourth-order valence-electron chi connectivity index (χ4n) is 11.7. The maximum atomic E-state index is 13.3. The number of esters is 1. The van der Waals surface area contributed by atoms with Crippen LogP contribution in [0.2, 0.25) is 0 Å². The molecule has 0 radical (unpaired) electrons. The van der Waals surface area contributed by atoms with Gasteiger partial charge in [-0.05, 0) is 78.4 Å². The molecule has 4 aliphatic carbocycles. The van der Waals surface area contributed by atoms with Crippen LogP contribution in [-0.2, 0) is 23.8 Å². The molecule has 1 heterocycles. The number of allylic oxidation sites excluding steroid dienone is 1. The number of ether oxygens (including phenoxy) is 3. The Morgan fingerprint density at radius 2 is 1.82 bits per heavy atom. The van der Waals surface area contributed by atoms with Crippen LogP contribution < -0.4 is 11.1 Å². The lowest BCUT2D eigenvalue weighted by Crippen LogP contribution is -2.70. The van der Waals surface area contributed by atoms with E-state index < -0.39 is 11.9 Å². The van der Waals surface area contributed by atoms with Gasteiger partial charge < -0.3 is 30.4 Å². The largest absolute Gasteiger partial charge is 0.481 e. The summed E-state index contributed by atoms with van der Waals surface area (Å²) < 4.78 is 19.2. The molecule has 0 aromatic carbocycles. The van der Waals surface area contributed by atoms with Crippen molar-refractivity contribution in [1.29, 1.82) is 0 Å². The van der Waals surface area contributed by atoms with Crippen molar-refractivity contribution in [2.24, 2.45) is 62.4 Å². The summed E-state index contributed by atoms with van der Waals surface area (Å²) in [6.45, 7) is 21.2. The topological polar surface area (TPSA) is 120 Å². The van der Waals surface area contributed by atoms with E-state index in [1.54, 1.807) is 0 Å². The molecule has 0 amide bonds. The van der Waals surface area contributed by atoms with Crippen molar-refractivity contribution in [3.8, 4) is 0 Å². The van der Waals surface area contributed by atoms with Gasteiger partial charge >= 0.3 is 11.9 Å². The molecule has 0 aromatic rings. The number of carbonyl (C=O) groups is 2. The van der Waals surface area contributed by atoms with Gasteiger partial charge in [0.15, 0.2) is 0 Å². The normalized spacial score (nSPS) is 45.4. The number of rotatable bonds is 10. The number of fused-ring (bicyclic) bond motifs is 3. The molecule has 5 rings (SSSR count). The Hall–Kier alpha value is -1.48. The predicted octanol–water partition coefficient (Wildman–Crippen LogP) is 5.44. The minimum atomic E-state index is -0.640. The standard InChI is InChI=1S/C36H60N2O6/c1-22(2)23(3)32(5)13-14-34(7)25-9-10-28-33(6)20-42-21-36(28,26(25)11-12-35(34,8)29(32)31(40)41)19-27(44-24(4)39)30(33)43-18-17-38-16-15-37/h11,22-23,25,27-30,38H,9-10,12-21,37H2,1-8H3,(H,40,41)/t23-,25+,27-,28+,29-,30+,32-,33+,34-,35+,36-/m1/s1. The summed E-state index contributed by atoms with van der Waals surface area (Å²) in [6.07, 6.45) is 7.31. The van der Waals surface area contributed by atoms with E-state index in [4.69, 9.17) is 19.9 Å². The molecule has 2 bridgehead atoms. The number of aliphatic carboxylic acids is 1. The van der Waals surface area contributed by atoms with E-state index in [1.807, 2.05) is 0 Å². The zero-order valence-electron chi connectivity index (χ0n) is 28.7. The molecule has 250 valence electrons. The lowest BCUT2D eigenvalue weighted by atomic mass is 9.34. The van der Waals surface area contributed by atoms with E-state index >= 15 is 0 Å². The van der Waals surface area contributed by atoms with Crippen LogP contribution in [0.5, 0.6) is 0 Å². The summed E-state index contributed by atoms with van der Waals surface area (Å²) >= 11 is 0. The highest BCUT2D eigenvalue weighted by Gasteiger charge is 2.72. The molecule has 0 aromatic heterocycles. The molecule has 5 aliphatic rings. The van der Waals surface area contributed by atoms with Gasteiger partial charge in [-0.25, -0.2) is 0 Å². The Kier molecular flexibility index (Phi) is 9.20. The van der Waals surface area contributed by atoms with Gasteiger partial charge in [-0.2, -0.15) is 0 Å². The van der Waals surface area contributed by atoms with E-state index in [-0.39, 0.29) is 51.2 Å². The molecule has 3 saturated carbocycles. The van der Waals surface area contributed by atoms with E-state index in [0.29, 0.717) is 57.1 Å². The van der Waals surface area contributed by atoms with Crippen LogP contribution in [-0.4, -0.2) is 68.7 Å². The van der Waals surface area contributed by atoms with Crippen molar-refractivity contribution in [2.75, 3.05) is 39.5 Å². The second kappa shape index (κ2) is 12.0. The van der Waals surface area contributed by atoms with Gasteiger partial charge in [0.2, 0.25) is 0 Å². The number of carboxylic acid groups (broad SMARTS) is 1. The number of nitrogens with one attached hydrogen (secondary N) is 1. The number of carbonyl (C=O) groups excluding carboxylic acids is 1. The van der Waals surface area contributed by atoms with Crippen LogP contribution in [0.4, 0.5) is 0 Å². The summed E-state index contributed by atoms with van der Waals surface area (Å²) in [6, 6.07) is 0. The highest BCUT2D eigenvalue weighted by Crippen LogP contribution is 2.75. The monoisotopic (exact) mass is 616 g/mol. The molecule has 11 atom stereocenters. The predicted molar refractivity (Wildman–Crippen MR) is 171 cm³/mol. The number of nitrogens with two attached hydrogens (primary N) is 1. The molecule has 4 fully saturated rings. The smallest absolute Gasteiger partial charge is 0.307 e. The van der Waals surface area contributed by atoms with E-state index in [1.165, 1.54) is 12.5 Å². The van der Waals surface area contributed by atoms with E-state index in [2.05, 4.69) is 59.9 Å². The fourth-order valence-corrected chi connectivity index (χ4v) is 11.7. The highest BCUT2D eigenvalue weighted by molar-refractivity contribution is 5.73. The molecule has 0 spiro atoms. The van der Waals surface area contributed by atoms with Crippen molar-refractivity contribution < 1.29 is 28.9 Å². The third-order valence-electron chi connectivity index (χ3n) is 14.3. The third-order valence-corrected chi connectivity index (χ3v) is 14.3. The highest BCUT2D eigenvalue weighted by atomic mass is 16.6. The summed E-state index contributed by atoms with van der Waals surface area (Å²) in [5, 5.41) is 14.2. The first kappa shape index (κ1) is 33.9. The Morgan fingerprint density at radius 1 is 1.09 bits per heavy atom. The minimum absolute atomic E-state index is 0.150. The molecule has 0 unspecified atom stereocenters. The fraction of sp³-hybridized carbons (Fsp3) is 0.889. The minimum Gasteiger partial charge on any atom is -0.481 e. The van der Waals surface area contributed by atoms with Crippen LogP contribution in [0.1, 0.15) is 93.9 Å². The van der Waals surface area contributed by atoms with Gasteiger partial charge in [-0.1, -0.05) is 60.1 Å². The van der Waals surface area contributed by atoms with Crippen molar-refractivity contribution in [3.05, 3.63) is 11.6 Å². The van der Waals surface area contributed by atoms with Gasteiger partial charge in [-0.3, -0.25) is 9.59 Å². The summed E-state index contributed by atoms with van der Waals surface area (Å²) in [4.78, 5) is 25.8. The average Bonchev–Trinajstić information content (AvgIpc) is 2.93. The first-order valence-electron chi connectivity index (χ1n) is 17.3. The second-order valence-electron chi connectivity index (χ2n) is 16.5. The van der Waals surface area contributed by atoms with Crippen molar-refractivity contribution in [2.45, 2.75) is 106 Å². The van der Waals surface area contributed by atoms with Crippen molar-refractivity contribution in [1.82, 2.24) is 5.32 Å². The zero-order valence-corrected chi connectivity index (χ0v) is 28.7. The van der Waals surface area contributed by atoms with Crippen LogP contribution in [0.25, 0.3) is 0 Å². The number of hydrogen-bond acceptors (Lipinski definition) is 7. The maximum Gasteiger partial charge on any atom is 0.307 e. The van der Waals surface area contributed by atoms with E-state index in [0.717, 1.165) is 38.6 Å². The van der Waals surface area contributed by atoms with Gasteiger partial charge in [0.05, 0.1) is 25.7 Å². The molecule has 1 aliphatic heterocycles. The Bertz CT molecular complexity index is 1140. The van der Waals surface area contributed by atoms with Gasteiger partial charge in [0.1, 0.15) is 12.2 Å². The van der Waals surface area contributed by atoms with Crippen molar-refractivity contribution >= 4 is 11.9 Å². The molecule has 8 nitrogen and oxygen atoms in total. The first-order valence-corrected chi connectivity index (χ1v) is 17.3. The zero-order chi connectivity index (χ0) is 32.3. The Balaban J connectivity index is 1.54. The van der Waals surface area contributed by atoms with E-state index in [9.17, 15) is 14.7 Å². The number of carboxylic acids is 1. The summed E-state index contributed by atoms with van der Waals surface area (Å²) in [5.74, 6) is 0.0163. The van der Waals surface area contributed by atoms with Crippen LogP contribution in [0.3, 0.4) is 0 Å². The Morgan fingerprint density at radius 3 is 2.45 bits per heavy atom. The van der Waals surface area contributed by atoms with Crippen LogP contribution in [0, 0.1) is 56.7 Å². The van der Waals surface area contributed by atoms with Gasteiger partial charge in [0.25, 0.3) is 0 Å². The summed E-state index contributed by atoms with van der Waals surface area (Å²) in [7, 11) is 0. The number of hydrogen-bond donors (Lipinski definition) is 3. The molecular formula is C36H60N2O6. The molecule has 8 heteroatoms. The summed E-state index contributed by atoms with van der Waals surface area (Å²) in [5.41, 5.74) is 5.77. The second-order valence-corrected chi connectivity index (χ2v) is 16.5. The quantitative estimate of drug-likeness (QED) is 0.169. The van der Waals surface area contributed by atoms with Gasteiger partial charge in [0, 0.05) is 37.4 Å². The molecule has 4 N–H and O–H groups in total. The van der Waals surface area contributed by atoms with Crippen LogP contribution in [0.15, 0.2) is 11.6 Å². The molecule has 1 saturated heterocycles. The lowest BCUT2D eigenvalue weighted by molar-refractivity contribution is -0.266. The average molecular weight is 617 g/mol. The first-order chi connectivity index (χ1) is 20.6.